The van der Waals surface area contributed by atoms with Crippen LogP contribution in [0, 0.1) is 3.57 Å². The Morgan fingerprint density at radius 2 is 2.28 bits per heavy atom. The third kappa shape index (κ3) is 2.28. The highest BCUT2D eigenvalue weighted by Gasteiger charge is 2.31. The van der Waals surface area contributed by atoms with Crippen LogP contribution in [0.2, 0.25) is 0 Å². The Hall–Kier alpha value is -1.32. The average Bonchev–Trinajstić information content (AvgIpc) is 2.81. The van der Waals surface area contributed by atoms with Crippen molar-refractivity contribution >= 4 is 28.7 Å². The lowest BCUT2D eigenvalue weighted by Gasteiger charge is -2.24. The maximum atomic E-state index is 11.8. The average molecular weight is 365 g/mol. The highest BCUT2D eigenvalue weighted by Crippen LogP contribution is 2.26. The molecule has 1 aliphatic rings. The van der Waals surface area contributed by atoms with Gasteiger partial charge in [0.2, 0.25) is 0 Å². The summed E-state index contributed by atoms with van der Waals surface area (Å²) < 4.78 is 6.45. The van der Waals surface area contributed by atoms with Crippen molar-refractivity contribution in [3.63, 3.8) is 0 Å². The Morgan fingerprint density at radius 1 is 1.56 bits per heavy atom. The predicted octanol–water partition coefficient (Wildman–Crippen LogP) is 0.502. The van der Waals surface area contributed by atoms with Crippen molar-refractivity contribution in [3.8, 4) is 0 Å². The van der Waals surface area contributed by atoms with Gasteiger partial charge in [-0.1, -0.05) is 0 Å². The Labute approximate surface area is 116 Å². The minimum Gasteiger partial charge on any atom is -0.453 e. The summed E-state index contributed by atoms with van der Waals surface area (Å²) in [6.45, 7) is 0.541. The minimum absolute atomic E-state index is 0.393. The molecule has 8 heteroatoms. The molecule has 0 saturated carbocycles. The van der Waals surface area contributed by atoms with Crippen molar-refractivity contribution < 1.29 is 9.53 Å². The Bertz CT molecular complexity index is 579. The molecular weight excluding hydrogens is 353 g/mol. The first-order valence-corrected chi connectivity index (χ1v) is 6.48. The van der Waals surface area contributed by atoms with E-state index in [0.717, 1.165) is 6.42 Å². The van der Waals surface area contributed by atoms with E-state index in [-0.39, 0.29) is 0 Å². The van der Waals surface area contributed by atoms with Crippen molar-refractivity contribution in [2.75, 3.05) is 13.7 Å². The molecule has 0 radical (unpaired) electrons. The number of amides is 1. The Kier molecular flexibility index (Phi) is 3.73. The molecular formula is C10H12IN3O4. The number of likely N-dealkylation sites (tertiary alicyclic amines) is 1. The molecule has 0 unspecified atom stereocenters. The van der Waals surface area contributed by atoms with Gasteiger partial charge in [0.05, 0.1) is 10.7 Å². The van der Waals surface area contributed by atoms with Gasteiger partial charge in [0.1, 0.15) is 6.17 Å². The van der Waals surface area contributed by atoms with Crippen molar-refractivity contribution in [2.24, 2.45) is 0 Å². The van der Waals surface area contributed by atoms with E-state index >= 15 is 0 Å². The molecule has 2 heterocycles. The van der Waals surface area contributed by atoms with Crippen LogP contribution in [0.5, 0.6) is 0 Å². The van der Waals surface area contributed by atoms with Crippen LogP contribution in [0.3, 0.4) is 0 Å². The fourth-order valence-electron chi connectivity index (χ4n) is 2.05. The van der Waals surface area contributed by atoms with Gasteiger partial charge in [0, 0.05) is 12.7 Å². The molecule has 1 N–H and O–H groups in total. The van der Waals surface area contributed by atoms with Gasteiger partial charge >= 0.3 is 11.8 Å². The molecule has 98 valence electrons. The lowest BCUT2D eigenvalue weighted by atomic mass is 10.3. The van der Waals surface area contributed by atoms with Crippen LogP contribution in [-0.4, -0.2) is 34.2 Å². The number of nitrogens with one attached hydrogen (secondary N) is 1. The van der Waals surface area contributed by atoms with Gasteiger partial charge in [-0.2, -0.15) is 0 Å². The molecule has 7 nitrogen and oxygen atoms in total. The highest BCUT2D eigenvalue weighted by atomic mass is 127. The Balaban J connectivity index is 2.42. The first-order valence-electron chi connectivity index (χ1n) is 5.40. The number of ether oxygens (including phenoxy) is 1. The van der Waals surface area contributed by atoms with Crippen LogP contribution >= 0.6 is 22.6 Å². The van der Waals surface area contributed by atoms with E-state index < -0.39 is 23.5 Å². The van der Waals surface area contributed by atoms with Crippen LogP contribution < -0.4 is 11.2 Å². The van der Waals surface area contributed by atoms with Gasteiger partial charge in [-0.3, -0.25) is 19.2 Å². The second-order valence-electron chi connectivity index (χ2n) is 3.93. The van der Waals surface area contributed by atoms with Crippen LogP contribution in [0.15, 0.2) is 15.8 Å². The molecule has 0 bridgehead atoms. The summed E-state index contributed by atoms with van der Waals surface area (Å²) in [6.07, 6.45) is 2.06. The number of hydrogen-bond donors (Lipinski definition) is 1. The lowest BCUT2D eigenvalue weighted by molar-refractivity contribution is 0.103. The van der Waals surface area contributed by atoms with Gasteiger partial charge in [-0.05, 0) is 35.4 Å². The van der Waals surface area contributed by atoms with Crippen LogP contribution in [-0.2, 0) is 4.74 Å². The molecule has 1 saturated heterocycles. The van der Waals surface area contributed by atoms with E-state index in [4.69, 9.17) is 0 Å². The van der Waals surface area contributed by atoms with Crippen LogP contribution in [0.4, 0.5) is 4.79 Å². The quantitative estimate of drug-likeness (QED) is 0.735. The molecule has 1 aliphatic heterocycles. The van der Waals surface area contributed by atoms with E-state index in [0.29, 0.717) is 16.5 Å². The number of carbonyl (C=O) groups is 1. The smallest absolute Gasteiger partial charge is 0.411 e. The van der Waals surface area contributed by atoms with Crippen molar-refractivity contribution in [3.05, 3.63) is 30.6 Å². The first-order chi connectivity index (χ1) is 8.54. The number of rotatable bonds is 1. The summed E-state index contributed by atoms with van der Waals surface area (Å²) >= 11 is 1.85. The monoisotopic (exact) mass is 365 g/mol. The molecule has 1 fully saturated rings. The van der Waals surface area contributed by atoms with Gasteiger partial charge < -0.3 is 4.74 Å². The predicted molar refractivity (Wildman–Crippen MR) is 71.4 cm³/mol. The van der Waals surface area contributed by atoms with Crippen molar-refractivity contribution in [1.82, 2.24) is 14.5 Å². The molecule has 1 amide bonds. The van der Waals surface area contributed by atoms with E-state index in [1.54, 1.807) is 0 Å². The van der Waals surface area contributed by atoms with Gasteiger partial charge in [-0.15, -0.1) is 0 Å². The maximum Gasteiger partial charge on any atom is 0.411 e. The molecule has 0 aliphatic carbocycles. The number of hydrogen-bond acceptors (Lipinski definition) is 4. The minimum atomic E-state index is -0.513. The van der Waals surface area contributed by atoms with Crippen molar-refractivity contribution in [2.45, 2.75) is 19.0 Å². The topological polar surface area (TPSA) is 84.4 Å². The van der Waals surface area contributed by atoms with Gasteiger partial charge in [-0.25, -0.2) is 9.59 Å². The number of aromatic amines is 1. The highest BCUT2D eigenvalue weighted by molar-refractivity contribution is 14.1. The number of aromatic nitrogens is 2. The third-order valence-electron chi connectivity index (χ3n) is 2.88. The van der Waals surface area contributed by atoms with Gasteiger partial charge in [0.15, 0.2) is 0 Å². The molecule has 18 heavy (non-hydrogen) atoms. The summed E-state index contributed by atoms with van der Waals surface area (Å²) in [5.74, 6) is 0. The SMILES string of the molecule is COC(=O)N1CCC[C@H]1n1cc(I)c(=O)[nH]c1=O. The fourth-order valence-corrected chi connectivity index (χ4v) is 2.49. The maximum absolute atomic E-state index is 11.8. The number of nitrogens with zero attached hydrogens (tertiary/aromatic N) is 2. The fraction of sp³-hybridized carbons (Fsp3) is 0.500. The largest absolute Gasteiger partial charge is 0.453 e. The molecule has 1 aromatic heterocycles. The number of methoxy groups -OCH3 is 1. The van der Waals surface area contributed by atoms with E-state index in [9.17, 15) is 14.4 Å². The third-order valence-corrected chi connectivity index (χ3v) is 3.64. The second-order valence-corrected chi connectivity index (χ2v) is 5.09. The normalized spacial score (nSPS) is 19.0. The van der Waals surface area contributed by atoms with Crippen LogP contribution in [0.25, 0.3) is 0 Å². The van der Waals surface area contributed by atoms with E-state index in [1.165, 1.54) is 22.8 Å². The van der Waals surface area contributed by atoms with Crippen LogP contribution in [0.1, 0.15) is 19.0 Å². The molecule has 1 atom stereocenters. The Morgan fingerprint density at radius 3 is 2.94 bits per heavy atom. The van der Waals surface area contributed by atoms with Gasteiger partial charge in [0.25, 0.3) is 5.56 Å². The summed E-state index contributed by atoms with van der Waals surface area (Å²) in [6, 6.07) is 0. The van der Waals surface area contributed by atoms with E-state index in [1.807, 2.05) is 22.6 Å². The summed E-state index contributed by atoms with van der Waals surface area (Å²) in [5.41, 5.74) is -0.930. The molecule has 1 aromatic rings. The summed E-state index contributed by atoms with van der Waals surface area (Å²) in [7, 11) is 1.30. The standard InChI is InChI=1S/C10H12IN3O4/c1-18-10(17)13-4-2-3-7(13)14-5-6(11)8(15)12-9(14)16/h5,7H,2-4H2,1H3,(H,12,15,16)/t7-/m1/s1. The zero-order valence-corrected chi connectivity index (χ0v) is 11.8. The number of H-pyrrole nitrogens is 1. The second kappa shape index (κ2) is 5.12. The van der Waals surface area contributed by atoms with Crippen molar-refractivity contribution in [1.29, 1.82) is 0 Å². The summed E-state index contributed by atoms with van der Waals surface area (Å²) in [5, 5.41) is 0. The summed E-state index contributed by atoms with van der Waals surface area (Å²) in [4.78, 5) is 38.3. The number of halogens is 1. The zero-order chi connectivity index (χ0) is 13.3. The zero-order valence-electron chi connectivity index (χ0n) is 9.68. The first kappa shape index (κ1) is 13.1. The molecule has 0 spiro atoms. The molecule has 2 rings (SSSR count). The molecule has 0 aromatic carbocycles. The van der Waals surface area contributed by atoms with E-state index in [2.05, 4.69) is 9.72 Å². The number of carbonyl (C=O) groups excluding carboxylic acids is 1. The lowest BCUT2D eigenvalue weighted by Crippen LogP contribution is -2.40.